The van der Waals surface area contributed by atoms with Crippen LogP contribution in [0.2, 0.25) is 0 Å². The molecule has 0 saturated heterocycles. The number of thiazole rings is 1. The lowest BCUT2D eigenvalue weighted by Gasteiger charge is -2.07. The fourth-order valence-electron chi connectivity index (χ4n) is 2.60. The maximum atomic E-state index is 12.9. The first kappa shape index (κ1) is 17.2. The van der Waals surface area contributed by atoms with Gasteiger partial charge in [0.05, 0.1) is 23.0 Å². The smallest absolute Gasteiger partial charge is 0.319 e. The van der Waals surface area contributed by atoms with Gasteiger partial charge in [-0.25, -0.2) is 4.98 Å². The van der Waals surface area contributed by atoms with Crippen molar-refractivity contribution in [3.05, 3.63) is 65.3 Å². The summed E-state index contributed by atoms with van der Waals surface area (Å²) >= 11 is 1.11. The molecular formula is C18H11F3N4OS. The number of aromatic nitrogens is 3. The quantitative estimate of drug-likeness (QED) is 0.521. The summed E-state index contributed by atoms with van der Waals surface area (Å²) in [4.78, 5) is 16.7. The molecule has 2 heterocycles. The van der Waals surface area contributed by atoms with Gasteiger partial charge in [-0.3, -0.25) is 9.89 Å². The van der Waals surface area contributed by atoms with Gasteiger partial charge in [-0.2, -0.15) is 18.3 Å². The zero-order valence-corrected chi connectivity index (χ0v) is 14.4. The SMILES string of the molecule is O=C(Nc1cccc2cn[nH]c12)c1csc(-c2cccc(C(F)(F)F)c2)n1. The molecule has 27 heavy (non-hydrogen) atoms. The van der Waals surface area contributed by atoms with Crippen molar-refractivity contribution in [3.8, 4) is 10.6 Å². The molecule has 0 bridgehead atoms. The molecule has 0 spiro atoms. The maximum Gasteiger partial charge on any atom is 0.416 e. The number of hydrogen-bond donors (Lipinski definition) is 2. The van der Waals surface area contributed by atoms with Gasteiger partial charge in [0.15, 0.2) is 0 Å². The standard InChI is InChI=1S/C18H11F3N4OS/c19-18(20,21)12-5-1-3-10(7-12)17-24-14(9-27-17)16(26)23-13-6-2-4-11-8-22-25-15(11)13/h1-9H,(H,22,25)(H,23,26). The highest BCUT2D eigenvalue weighted by Crippen LogP contribution is 2.33. The van der Waals surface area contributed by atoms with Crippen LogP contribution in [-0.2, 0) is 6.18 Å². The van der Waals surface area contributed by atoms with E-state index < -0.39 is 17.6 Å². The van der Waals surface area contributed by atoms with Gasteiger partial charge in [0, 0.05) is 16.3 Å². The molecule has 2 aromatic heterocycles. The van der Waals surface area contributed by atoms with Crippen molar-refractivity contribution in [2.45, 2.75) is 6.18 Å². The third kappa shape index (κ3) is 3.41. The topological polar surface area (TPSA) is 70.7 Å². The molecule has 2 aromatic carbocycles. The first-order valence-corrected chi connectivity index (χ1v) is 8.66. The number of rotatable bonds is 3. The van der Waals surface area contributed by atoms with Crippen LogP contribution < -0.4 is 5.32 Å². The number of H-pyrrole nitrogens is 1. The molecule has 5 nitrogen and oxygen atoms in total. The van der Waals surface area contributed by atoms with Crippen LogP contribution in [0.25, 0.3) is 21.5 Å². The molecule has 0 atom stereocenters. The summed E-state index contributed by atoms with van der Waals surface area (Å²) in [5.74, 6) is -0.452. The summed E-state index contributed by atoms with van der Waals surface area (Å²) in [7, 11) is 0. The van der Waals surface area contributed by atoms with Gasteiger partial charge in [-0.1, -0.05) is 24.3 Å². The second-order valence-electron chi connectivity index (χ2n) is 5.71. The lowest BCUT2D eigenvalue weighted by atomic mass is 10.1. The minimum Gasteiger partial charge on any atom is -0.319 e. The van der Waals surface area contributed by atoms with E-state index in [4.69, 9.17) is 0 Å². The molecule has 0 radical (unpaired) electrons. The molecule has 1 amide bonds. The number of nitrogens with zero attached hydrogens (tertiary/aromatic N) is 2. The molecule has 9 heteroatoms. The third-order valence-electron chi connectivity index (χ3n) is 3.90. The number of amides is 1. The van der Waals surface area contributed by atoms with Crippen molar-refractivity contribution < 1.29 is 18.0 Å². The largest absolute Gasteiger partial charge is 0.416 e. The van der Waals surface area contributed by atoms with Crippen LogP contribution in [0.3, 0.4) is 0 Å². The number of hydrogen-bond acceptors (Lipinski definition) is 4. The highest BCUT2D eigenvalue weighted by atomic mass is 32.1. The summed E-state index contributed by atoms with van der Waals surface area (Å²) in [5.41, 5.74) is 0.906. The number of para-hydroxylation sites is 1. The Labute approximate surface area is 154 Å². The number of benzene rings is 2. The van der Waals surface area contributed by atoms with Gasteiger partial charge in [0.25, 0.3) is 5.91 Å². The Kier molecular flexibility index (Phi) is 4.15. The molecule has 136 valence electrons. The van der Waals surface area contributed by atoms with Crippen LogP contribution in [0, 0.1) is 0 Å². The fraction of sp³-hybridized carbons (Fsp3) is 0.0556. The zero-order chi connectivity index (χ0) is 19.0. The summed E-state index contributed by atoms with van der Waals surface area (Å²) in [6, 6.07) is 10.2. The van der Waals surface area contributed by atoms with E-state index in [2.05, 4.69) is 20.5 Å². The number of fused-ring (bicyclic) bond motifs is 1. The Hall–Kier alpha value is -3.20. The average molecular weight is 388 g/mol. The van der Waals surface area contributed by atoms with Crippen molar-refractivity contribution in [2.24, 2.45) is 0 Å². The van der Waals surface area contributed by atoms with Gasteiger partial charge in [0.1, 0.15) is 10.7 Å². The number of alkyl halides is 3. The molecule has 0 aliphatic carbocycles. The number of anilines is 1. The minimum absolute atomic E-state index is 0.129. The van der Waals surface area contributed by atoms with Gasteiger partial charge in [0.2, 0.25) is 0 Å². The minimum atomic E-state index is -4.43. The molecule has 4 rings (SSSR count). The number of carbonyl (C=O) groups excluding carboxylic acids is 1. The number of carbonyl (C=O) groups is 1. The lowest BCUT2D eigenvalue weighted by Crippen LogP contribution is -2.12. The van der Waals surface area contributed by atoms with Crippen LogP contribution in [0.1, 0.15) is 16.1 Å². The second kappa shape index (κ2) is 6.51. The van der Waals surface area contributed by atoms with Crippen molar-refractivity contribution in [2.75, 3.05) is 5.32 Å². The predicted octanol–water partition coefficient (Wildman–Crippen LogP) is 4.96. The number of nitrogens with one attached hydrogen (secondary N) is 2. The highest BCUT2D eigenvalue weighted by molar-refractivity contribution is 7.13. The van der Waals surface area contributed by atoms with E-state index in [0.29, 0.717) is 21.8 Å². The van der Waals surface area contributed by atoms with E-state index in [1.54, 1.807) is 18.3 Å². The monoisotopic (exact) mass is 388 g/mol. The molecule has 0 aliphatic heterocycles. The number of halogens is 3. The van der Waals surface area contributed by atoms with Crippen LogP contribution in [0.15, 0.2) is 54.0 Å². The molecule has 0 saturated carbocycles. The maximum absolute atomic E-state index is 12.9. The van der Waals surface area contributed by atoms with E-state index in [1.165, 1.54) is 17.5 Å². The van der Waals surface area contributed by atoms with Crippen LogP contribution in [0.5, 0.6) is 0 Å². The van der Waals surface area contributed by atoms with Gasteiger partial charge in [-0.15, -0.1) is 11.3 Å². The van der Waals surface area contributed by atoms with Crippen molar-refractivity contribution in [1.29, 1.82) is 0 Å². The molecule has 0 aliphatic rings. The molecule has 2 N–H and O–H groups in total. The Morgan fingerprint density at radius 3 is 2.78 bits per heavy atom. The summed E-state index contributed by atoms with van der Waals surface area (Å²) < 4.78 is 38.6. The van der Waals surface area contributed by atoms with Crippen molar-refractivity contribution >= 4 is 33.8 Å². The Morgan fingerprint density at radius 2 is 1.96 bits per heavy atom. The van der Waals surface area contributed by atoms with Crippen LogP contribution >= 0.6 is 11.3 Å². The summed E-state index contributed by atoms with van der Waals surface area (Å²) in [6.45, 7) is 0. The average Bonchev–Trinajstić information content (AvgIpc) is 3.31. The predicted molar refractivity (Wildman–Crippen MR) is 96.6 cm³/mol. The Morgan fingerprint density at radius 1 is 1.15 bits per heavy atom. The van der Waals surface area contributed by atoms with Crippen LogP contribution in [0.4, 0.5) is 18.9 Å². The van der Waals surface area contributed by atoms with Gasteiger partial charge < -0.3 is 5.32 Å². The molecule has 0 unspecified atom stereocenters. The normalized spacial score (nSPS) is 11.7. The second-order valence-corrected chi connectivity index (χ2v) is 6.57. The third-order valence-corrected chi connectivity index (χ3v) is 4.79. The number of aromatic amines is 1. The van der Waals surface area contributed by atoms with Crippen LogP contribution in [-0.4, -0.2) is 21.1 Å². The zero-order valence-electron chi connectivity index (χ0n) is 13.5. The Balaban J connectivity index is 1.59. The van der Waals surface area contributed by atoms with Crippen molar-refractivity contribution in [1.82, 2.24) is 15.2 Å². The molecule has 0 fully saturated rings. The van der Waals surface area contributed by atoms with Crippen molar-refractivity contribution in [3.63, 3.8) is 0 Å². The molecular weight excluding hydrogens is 377 g/mol. The summed E-state index contributed by atoms with van der Waals surface area (Å²) in [5, 5.41) is 12.2. The first-order chi connectivity index (χ1) is 12.9. The fourth-order valence-corrected chi connectivity index (χ4v) is 3.40. The lowest BCUT2D eigenvalue weighted by molar-refractivity contribution is -0.137. The van der Waals surface area contributed by atoms with E-state index in [9.17, 15) is 18.0 Å². The summed E-state index contributed by atoms with van der Waals surface area (Å²) in [6.07, 6.45) is -2.80. The van der Waals surface area contributed by atoms with E-state index in [-0.39, 0.29) is 5.69 Å². The van der Waals surface area contributed by atoms with E-state index in [0.717, 1.165) is 28.9 Å². The van der Waals surface area contributed by atoms with E-state index >= 15 is 0 Å². The van der Waals surface area contributed by atoms with Gasteiger partial charge in [-0.05, 0) is 18.2 Å². The highest BCUT2D eigenvalue weighted by Gasteiger charge is 2.30. The first-order valence-electron chi connectivity index (χ1n) is 7.78. The van der Waals surface area contributed by atoms with Gasteiger partial charge >= 0.3 is 6.18 Å². The van der Waals surface area contributed by atoms with E-state index in [1.807, 2.05) is 6.07 Å². The molecule has 4 aromatic rings. The Bertz CT molecular complexity index is 1130.